The van der Waals surface area contributed by atoms with Gasteiger partial charge in [-0.1, -0.05) is 55.4 Å². The molecule has 9 heteroatoms. The van der Waals surface area contributed by atoms with Crippen molar-refractivity contribution in [2.45, 2.75) is 138 Å². The van der Waals surface area contributed by atoms with Crippen LogP contribution in [0.3, 0.4) is 0 Å². The Balaban J connectivity index is 0.00000230. The molecule has 0 spiro atoms. The summed E-state index contributed by atoms with van der Waals surface area (Å²) >= 11 is 0. The zero-order valence-electron chi connectivity index (χ0n) is 31.5. The Kier molecular flexibility index (Phi) is 9.98. The number of amides is 1. The van der Waals surface area contributed by atoms with Gasteiger partial charge >= 0.3 is 5.97 Å². The van der Waals surface area contributed by atoms with Crippen molar-refractivity contribution in [3.05, 3.63) is 29.0 Å². The Morgan fingerprint density at radius 1 is 1.04 bits per heavy atom. The second-order valence-electron chi connectivity index (χ2n) is 18.0. The van der Waals surface area contributed by atoms with E-state index in [9.17, 15) is 19.2 Å². The molecule has 0 radical (unpaired) electrons. The number of nitrogens with one attached hydrogen (secondary N) is 1. The molecular formula is C40H60N2O7. The van der Waals surface area contributed by atoms with Crippen LogP contribution in [0.15, 0.2) is 21.8 Å². The first-order valence-corrected chi connectivity index (χ1v) is 18.5. The van der Waals surface area contributed by atoms with Crippen LogP contribution in [0.1, 0.15) is 136 Å². The molecule has 8 unspecified atom stereocenters. The molecule has 6 rings (SSSR count). The van der Waals surface area contributed by atoms with Gasteiger partial charge in [0.25, 0.3) is 5.91 Å². The summed E-state index contributed by atoms with van der Waals surface area (Å²) in [5.41, 5.74) is 1.09. The molecule has 1 aromatic rings. The molecule has 0 aromatic carbocycles. The number of fused-ring (bicyclic) bond motifs is 7. The summed E-state index contributed by atoms with van der Waals surface area (Å²) in [7, 11) is 1.00. The van der Waals surface area contributed by atoms with Gasteiger partial charge in [0, 0.05) is 31.3 Å². The average molecular weight is 681 g/mol. The van der Waals surface area contributed by atoms with E-state index in [2.05, 4.69) is 51.8 Å². The highest BCUT2D eigenvalue weighted by molar-refractivity contribution is 6.03. The molecule has 272 valence electrons. The molecule has 9 nitrogen and oxygen atoms in total. The molecule has 1 heterocycles. The number of aromatic nitrogens is 1. The van der Waals surface area contributed by atoms with Crippen molar-refractivity contribution in [3.8, 4) is 0 Å². The summed E-state index contributed by atoms with van der Waals surface area (Å²) in [4.78, 5) is 56.0. The van der Waals surface area contributed by atoms with Crippen molar-refractivity contribution in [2.75, 3.05) is 7.11 Å². The van der Waals surface area contributed by atoms with Gasteiger partial charge < -0.3 is 24.4 Å². The summed E-state index contributed by atoms with van der Waals surface area (Å²) < 4.78 is 11.5. The number of allylic oxidation sites excluding steroid dienone is 1. The summed E-state index contributed by atoms with van der Waals surface area (Å²) in [6.07, 6.45) is 10.4. The van der Waals surface area contributed by atoms with Crippen molar-refractivity contribution in [2.24, 2.45) is 51.2 Å². The number of oxazole rings is 1. The van der Waals surface area contributed by atoms with Crippen LogP contribution in [-0.4, -0.2) is 52.8 Å². The minimum atomic E-state index is -0.722. The minimum absolute atomic E-state index is 0.0963. The summed E-state index contributed by atoms with van der Waals surface area (Å²) in [6, 6.07) is 0. The van der Waals surface area contributed by atoms with Crippen LogP contribution in [0.25, 0.3) is 0 Å². The van der Waals surface area contributed by atoms with Crippen LogP contribution in [0.4, 0.5) is 0 Å². The van der Waals surface area contributed by atoms with Gasteiger partial charge in [-0.05, 0) is 103 Å². The molecule has 5 aliphatic rings. The topological polar surface area (TPSA) is 136 Å². The van der Waals surface area contributed by atoms with E-state index < -0.39 is 11.0 Å². The first-order chi connectivity index (χ1) is 22.9. The zero-order chi connectivity index (χ0) is 36.3. The number of aldehydes is 1. The highest BCUT2D eigenvalue weighted by Crippen LogP contribution is 2.72. The number of aliphatic hydroxyl groups excluding tert-OH is 1. The molecule has 4 fully saturated rings. The van der Waals surface area contributed by atoms with Crippen LogP contribution >= 0.6 is 0 Å². The number of carbonyl (C=O) groups is 4. The second-order valence-corrected chi connectivity index (χ2v) is 18.0. The average Bonchev–Trinajstić information content (AvgIpc) is 3.59. The number of nitrogens with zero attached hydrogens (tertiary/aromatic N) is 1. The van der Waals surface area contributed by atoms with Crippen molar-refractivity contribution in [1.29, 1.82) is 0 Å². The SMILES string of the molecule is CO.Cc1nc(C(=O)NC23CCC4C(CCC5C4(C)CCC4C(C)(C)C(OC(=O)CC(C)(C)C=O)CCC45C)C2=C(C(C)C)C(=O)C3)co1. The molecule has 0 bridgehead atoms. The number of esters is 1. The third kappa shape index (κ3) is 6.14. The van der Waals surface area contributed by atoms with Gasteiger partial charge in [0.05, 0.1) is 12.0 Å². The van der Waals surface area contributed by atoms with Crippen molar-refractivity contribution in [1.82, 2.24) is 10.3 Å². The smallest absolute Gasteiger partial charge is 0.307 e. The van der Waals surface area contributed by atoms with Gasteiger partial charge in [0.2, 0.25) is 0 Å². The lowest BCUT2D eigenvalue weighted by Gasteiger charge is -2.68. The largest absolute Gasteiger partial charge is 0.462 e. The summed E-state index contributed by atoms with van der Waals surface area (Å²) in [5.74, 6) is 1.84. The van der Waals surface area contributed by atoms with E-state index in [1.54, 1.807) is 20.8 Å². The molecule has 1 amide bonds. The third-order valence-corrected chi connectivity index (χ3v) is 13.9. The Morgan fingerprint density at radius 2 is 1.71 bits per heavy atom. The molecule has 8 atom stereocenters. The number of Topliss-reactive ketones (excluding diaryl/α,β-unsaturated/α-hetero) is 1. The lowest BCUT2D eigenvalue weighted by atomic mass is 9.37. The fourth-order valence-corrected chi connectivity index (χ4v) is 12.0. The van der Waals surface area contributed by atoms with E-state index in [0.29, 0.717) is 30.1 Å². The van der Waals surface area contributed by atoms with Crippen molar-refractivity contribution >= 4 is 23.9 Å². The molecule has 5 aliphatic carbocycles. The zero-order valence-corrected chi connectivity index (χ0v) is 31.5. The fraction of sp³-hybridized carbons (Fsp3) is 0.775. The highest BCUT2D eigenvalue weighted by atomic mass is 16.5. The number of hydrogen-bond donors (Lipinski definition) is 2. The number of rotatable bonds is 7. The minimum Gasteiger partial charge on any atom is -0.462 e. The molecule has 2 N–H and O–H groups in total. The van der Waals surface area contributed by atoms with Gasteiger partial charge in [-0.25, -0.2) is 4.98 Å². The Bertz CT molecular complexity index is 1500. The quantitative estimate of drug-likeness (QED) is 0.228. The van der Waals surface area contributed by atoms with E-state index in [0.717, 1.165) is 70.3 Å². The molecule has 1 aromatic heterocycles. The predicted octanol–water partition coefficient (Wildman–Crippen LogP) is 7.19. The predicted molar refractivity (Wildman–Crippen MR) is 186 cm³/mol. The number of carbonyl (C=O) groups excluding carboxylic acids is 4. The Morgan fingerprint density at radius 3 is 2.33 bits per heavy atom. The normalized spacial score (nSPS) is 36.4. The number of aryl methyl sites for hydroxylation is 1. The summed E-state index contributed by atoms with van der Waals surface area (Å²) in [5, 5.41) is 10.4. The number of ketones is 1. The maximum atomic E-state index is 13.8. The van der Waals surface area contributed by atoms with Crippen LogP contribution in [0.5, 0.6) is 0 Å². The standard InChI is InChI=1S/C39H56N2O6.CH4O/c1-22(2)32-27(43)18-39(41-34(45)26-20-46-23(3)40-26)17-12-25-24(33(32)39)10-11-29-37(25,8)15-13-28-36(6,7)30(14-16-38(28,29)9)47-31(44)19-35(4,5)21-42;1-2/h20-22,24-25,28-30H,10-19H2,1-9H3,(H,41,45);2H,1H3. The lowest BCUT2D eigenvalue weighted by molar-refractivity contribution is -0.213. The maximum Gasteiger partial charge on any atom is 0.307 e. The van der Waals surface area contributed by atoms with E-state index >= 15 is 0 Å². The van der Waals surface area contributed by atoms with E-state index in [1.165, 1.54) is 11.8 Å². The van der Waals surface area contributed by atoms with Gasteiger partial charge in [-0.2, -0.15) is 0 Å². The van der Waals surface area contributed by atoms with E-state index in [4.69, 9.17) is 14.3 Å². The molecular weight excluding hydrogens is 620 g/mol. The monoisotopic (exact) mass is 680 g/mol. The fourth-order valence-electron chi connectivity index (χ4n) is 12.0. The van der Waals surface area contributed by atoms with Crippen LogP contribution in [0.2, 0.25) is 0 Å². The van der Waals surface area contributed by atoms with E-state index in [1.807, 2.05) is 0 Å². The van der Waals surface area contributed by atoms with Gasteiger partial charge in [0.1, 0.15) is 18.7 Å². The first kappa shape index (κ1) is 37.4. The van der Waals surface area contributed by atoms with Gasteiger partial charge in [-0.3, -0.25) is 14.4 Å². The molecule has 0 saturated heterocycles. The Labute approximate surface area is 292 Å². The van der Waals surface area contributed by atoms with Gasteiger partial charge in [-0.15, -0.1) is 0 Å². The Hall–Kier alpha value is -2.81. The lowest BCUT2D eigenvalue weighted by Crippen LogP contribution is -2.64. The first-order valence-electron chi connectivity index (χ1n) is 18.5. The van der Waals surface area contributed by atoms with Crippen LogP contribution in [0, 0.1) is 58.2 Å². The molecule has 0 aliphatic heterocycles. The number of ether oxygens (including phenoxy) is 1. The van der Waals surface area contributed by atoms with E-state index in [-0.39, 0.29) is 64.0 Å². The van der Waals surface area contributed by atoms with Crippen molar-refractivity contribution < 1.29 is 33.4 Å². The second kappa shape index (κ2) is 13.1. The number of aliphatic hydroxyl groups is 1. The third-order valence-electron chi connectivity index (χ3n) is 13.9. The molecule has 49 heavy (non-hydrogen) atoms. The van der Waals surface area contributed by atoms with Crippen LogP contribution in [-0.2, 0) is 19.1 Å². The number of hydrogen-bond acceptors (Lipinski definition) is 8. The highest BCUT2D eigenvalue weighted by Gasteiger charge is 2.67. The van der Waals surface area contributed by atoms with Crippen LogP contribution < -0.4 is 5.32 Å². The van der Waals surface area contributed by atoms with Crippen molar-refractivity contribution in [3.63, 3.8) is 0 Å². The summed E-state index contributed by atoms with van der Waals surface area (Å²) in [6.45, 7) is 19.2. The maximum absolute atomic E-state index is 13.8. The molecule has 4 saturated carbocycles. The van der Waals surface area contributed by atoms with Gasteiger partial charge in [0.15, 0.2) is 17.4 Å².